The van der Waals surface area contributed by atoms with E-state index in [4.69, 9.17) is 9.47 Å². The quantitative estimate of drug-likeness (QED) is 0.847. The van der Waals surface area contributed by atoms with E-state index in [1.54, 1.807) is 6.20 Å². The molecule has 2 aromatic rings. The Hall–Kier alpha value is -1.65. The second-order valence-corrected chi connectivity index (χ2v) is 5.78. The maximum atomic E-state index is 6.19. The number of benzene rings is 1. The van der Waals surface area contributed by atoms with E-state index in [1.165, 1.54) is 5.56 Å². The summed E-state index contributed by atoms with van der Waals surface area (Å²) in [7, 11) is 0. The Bertz CT molecular complexity index is 543. The number of aromatic nitrogens is 2. The van der Waals surface area contributed by atoms with Crippen LogP contribution in [-0.2, 0) is 22.4 Å². The Morgan fingerprint density at radius 1 is 1.14 bits per heavy atom. The van der Waals surface area contributed by atoms with E-state index in [2.05, 4.69) is 43.1 Å². The highest BCUT2D eigenvalue weighted by atomic mass is 16.8. The van der Waals surface area contributed by atoms with Crippen molar-refractivity contribution in [2.24, 2.45) is 0 Å². The molecule has 0 aliphatic carbocycles. The topological polar surface area (TPSA) is 36.3 Å². The van der Waals surface area contributed by atoms with Crippen molar-refractivity contribution in [2.75, 3.05) is 0 Å². The van der Waals surface area contributed by atoms with Crippen LogP contribution in [0, 0.1) is 0 Å². The third-order valence-corrected chi connectivity index (χ3v) is 4.08. The first-order chi connectivity index (χ1) is 10.2. The molecule has 0 amide bonds. The largest absolute Gasteiger partial charge is 0.342 e. The zero-order valence-electron chi connectivity index (χ0n) is 12.6. The lowest BCUT2D eigenvalue weighted by molar-refractivity contribution is -0.186. The molecule has 2 unspecified atom stereocenters. The van der Waals surface area contributed by atoms with Gasteiger partial charge in [0.1, 0.15) is 0 Å². The van der Waals surface area contributed by atoms with E-state index in [-0.39, 0.29) is 12.2 Å². The van der Waals surface area contributed by atoms with Crippen molar-refractivity contribution < 1.29 is 9.47 Å². The first-order valence-corrected chi connectivity index (χ1v) is 7.52. The second kappa shape index (κ2) is 6.00. The molecule has 0 spiro atoms. The van der Waals surface area contributed by atoms with Crippen LogP contribution < -0.4 is 0 Å². The average Bonchev–Trinajstić information content (AvgIpc) is 3.08. The van der Waals surface area contributed by atoms with E-state index >= 15 is 0 Å². The summed E-state index contributed by atoms with van der Waals surface area (Å²) in [5.74, 6) is -0.560. The number of rotatable bonds is 5. The lowest BCUT2D eigenvalue weighted by Gasteiger charge is -2.28. The van der Waals surface area contributed by atoms with Gasteiger partial charge in [0.2, 0.25) is 0 Å². The fourth-order valence-corrected chi connectivity index (χ4v) is 2.81. The van der Waals surface area contributed by atoms with Crippen LogP contribution in [0.25, 0.3) is 0 Å². The summed E-state index contributed by atoms with van der Waals surface area (Å²) in [6, 6.07) is 10.5. The number of hydrogen-bond donors (Lipinski definition) is 0. The maximum Gasteiger partial charge on any atom is 0.187 e. The molecule has 1 aliphatic rings. The molecule has 0 saturated carbocycles. The minimum absolute atomic E-state index is 0.115. The highest BCUT2D eigenvalue weighted by Gasteiger charge is 2.43. The van der Waals surface area contributed by atoms with Crippen LogP contribution in [0.3, 0.4) is 0 Å². The van der Waals surface area contributed by atoms with Crippen molar-refractivity contribution in [1.82, 2.24) is 9.55 Å². The lowest BCUT2D eigenvalue weighted by atomic mass is 10.0. The Balaban J connectivity index is 1.73. The van der Waals surface area contributed by atoms with Gasteiger partial charge in [-0.3, -0.25) is 0 Å². The van der Waals surface area contributed by atoms with Crippen molar-refractivity contribution in [2.45, 2.75) is 51.2 Å². The summed E-state index contributed by atoms with van der Waals surface area (Å²) in [6.07, 6.45) is 7.55. The number of nitrogens with zero attached hydrogens (tertiary/aromatic N) is 2. The fraction of sp³-hybridized carbons (Fsp3) is 0.471. The number of ether oxygens (including phenoxy) is 2. The lowest BCUT2D eigenvalue weighted by Crippen LogP contribution is -2.36. The summed E-state index contributed by atoms with van der Waals surface area (Å²) in [6.45, 7) is 4.82. The molecule has 1 aromatic heterocycles. The minimum atomic E-state index is -0.560. The molecule has 1 aliphatic heterocycles. The highest BCUT2D eigenvalue weighted by molar-refractivity contribution is 5.15. The minimum Gasteiger partial charge on any atom is -0.342 e. The molecular weight excluding hydrogens is 264 g/mol. The molecule has 4 heteroatoms. The SMILES string of the molecule is CC1OC(CCc2ccccc2)(Cn2ccnc2)OC1C. The Labute approximate surface area is 125 Å². The van der Waals surface area contributed by atoms with E-state index in [0.717, 1.165) is 12.8 Å². The van der Waals surface area contributed by atoms with E-state index < -0.39 is 5.79 Å². The van der Waals surface area contributed by atoms with Crippen LogP contribution in [0.5, 0.6) is 0 Å². The van der Waals surface area contributed by atoms with Crippen molar-refractivity contribution in [1.29, 1.82) is 0 Å². The Morgan fingerprint density at radius 3 is 2.48 bits per heavy atom. The van der Waals surface area contributed by atoms with Crippen LogP contribution in [0.4, 0.5) is 0 Å². The molecule has 0 radical (unpaired) electrons. The van der Waals surface area contributed by atoms with Gasteiger partial charge in [-0.25, -0.2) is 4.98 Å². The highest BCUT2D eigenvalue weighted by Crippen LogP contribution is 2.34. The van der Waals surface area contributed by atoms with E-state index in [9.17, 15) is 0 Å². The maximum absolute atomic E-state index is 6.19. The van der Waals surface area contributed by atoms with Gasteiger partial charge >= 0.3 is 0 Å². The monoisotopic (exact) mass is 286 g/mol. The van der Waals surface area contributed by atoms with Crippen molar-refractivity contribution >= 4 is 0 Å². The van der Waals surface area contributed by atoms with Gasteiger partial charge in [-0.15, -0.1) is 0 Å². The third-order valence-electron chi connectivity index (χ3n) is 4.08. The van der Waals surface area contributed by atoms with Gasteiger partial charge in [-0.05, 0) is 25.8 Å². The predicted octanol–water partition coefficient (Wildman–Crippen LogP) is 3.04. The first-order valence-electron chi connectivity index (χ1n) is 7.52. The standard InChI is InChI=1S/C17H22N2O2/c1-14-15(2)21-17(20-14,12-19-11-10-18-13-19)9-8-16-6-4-3-5-7-16/h3-7,10-11,13-15H,8-9,12H2,1-2H3. The summed E-state index contributed by atoms with van der Waals surface area (Å²) in [5, 5.41) is 0. The Morgan fingerprint density at radius 2 is 1.86 bits per heavy atom. The van der Waals surface area contributed by atoms with Gasteiger partial charge in [-0.2, -0.15) is 0 Å². The van der Waals surface area contributed by atoms with Gasteiger partial charge in [0.25, 0.3) is 0 Å². The molecule has 1 saturated heterocycles. The molecule has 21 heavy (non-hydrogen) atoms. The van der Waals surface area contributed by atoms with E-state index in [1.807, 2.05) is 23.2 Å². The second-order valence-electron chi connectivity index (χ2n) is 5.78. The van der Waals surface area contributed by atoms with E-state index in [0.29, 0.717) is 6.54 Å². The molecule has 3 rings (SSSR count). The van der Waals surface area contributed by atoms with Crippen LogP contribution in [-0.4, -0.2) is 27.5 Å². The smallest absolute Gasteiger partial charge is 0.187 e. The predicted molar refractivity (Wildman–Crippen MR) is 80.8 cm³/mol. The van der Waals surface area contributed by atoms with Gasteiger partial charge in [0, 0.05) is 18.8 Å². The van der Waals surface area contributed by atoms with Crippen LogP contribution >= 0.6 is 0 Å². The Kier molecular flexibility index (Phi) is 4.08. The molecule has 2 atom stereocenters. The third kappa shape index (κ3) is 3.34. The summed E-state index contributed by atoms with van der Waals surface area (Å²) >= 11 is 0. The van der Waals surface area contributed by atoms with Gasteiger partial charge in [0.15, 0.2) is 5.79 Å². The van der Waals surface area contributed by atoms with Crippen LogP contribution in [0.15, 0.2) is 49.1 Å². The van der Waals surface area contributed by atoms with Crippen molar-refractivity contribution in [3.8, 4) is 0 Å². The number of aryl methyl sites for hydroxylation is 1. The molecule has 0 bridgehead atoms. The molecule has 1 fully saturated rings. The summed E-state index contributed by atoms with van der Waals surface area (Å²) in [5.41, 5.74) is 1.31. The average molecular weight is 286 g/mol. The van der Waals surface area contributed by atoms with Gasteiger partial charge in [-0.1, -0.05) is 30.3 Å². The molecule has 1 aromatic carbocycles. The summed E-state index contributed by atoms with van der Waals surface area (Å²) < 4.78 is 14.4. The van der Waals surface area contributed by atoms with Crippen molar-refractivity contribution in [3.63, 3.8) is 0 Å². The number of imidazole rings is 1. The fourth-order valence-electron chi connectivity index (χ4n) is 2.81. The summed E-state index contributed by atoms with van der Waals surface area (Å²) in [4.78, 5) is 4.10. The molecule has 112 valence electrons. The molecular formula is C17H22N2O2. The van der Waals surface area contributed by atoms with Gasteiger partial charge in [0.05, 0.1) is 25.1 Å². The van der Waals surface area contributed by atoms with Crippen molar-refractivity contribution in [3.05, 3.63) is 54.6 Å². The molecule has 2 heterocycles. The van der Waals surface area contributed by atoms with Crippen LogP contribution in [0.2, 0.25) is 0 Å². The normalized spacial score (nSPS) is 28.9. The van der Waals surface area contributed by atoms with Gasteiger partial charge < -0.3 is 14.0 Å². The molecule has 4 nitrogen and oxygen atoms in total. The van der Waals surface area contributed by atoms with Crippen LogP contribution in [0.1, 0.15) is 25.8 Å². The first kappa shape index (κ1) is 14.3. The number of hydrogen-bond acceptors (Lipinski definition) is 3. The zero-order valence-corrected chi connectivity index (χ0v) is 12.6. The zero-order chi connectivity index (χ0) is 14.7. The molecule has 0 N–H and O–H groups in total.